The van der Waals surface area contributed by atoms with Crippen molar-refractivity contribution in [2.75, 3.05) is 0 Å². The van der Waals surface area contributed by atoms with Crippen molar-refractivity contribution in [3.8, 4) is 9.85 Å². The van der Waals surface area contributed by atoms with E-state index in [2.05, 4.69) is 33.7 Å². The van der Waals surface area contributed by atoms with Crippen LogP contribution in [-0.4, -0.2) is 9.97 Å². The largest absolute Gasteiger partial charge is 0.256 e. The summed E-state index contributed by atoms with van der Waals surface area (Å²) in [5.74, 6) is 3.27. The Balaban J connectivity index is 2.90. The smallest absolute Gasteiger partial charge is 0.132 e. The number of halogens is 1. The van der Waals surface area contributed by atoms with Crippen LogP contribution in [0, 0.1) is 9.85 Å². The Morgan fingerprint density at radius 2 is 2.08 bits per heavy atom. The maximum atomic E-state index is 4.23. The molecule has 1 heterocycles. The van der Waals surface area contributed by atoms with Crippen molar-refractivity contribution in [1.82, 2.24) is 9.97 Å². The molecule has 0 aliphatic rings. The second kappa shape index (κ2) is 4.41. The van der Waals surface area contributed by atoms with Gasteiger partial charge in [-0.05, 0) is 15.8 Å². The third-order valence-electron chi connectivity index (χ3n) is 1.44. The Morgan fingerprint density at radius 1 is 1.33 bits per heavy atom. The van der Waals surface area contributed by atoms with Crippen molar-refractivity contribution in [3.63, 3.8) is 0 Å². The average Bonchev–Trinajstić information content (AvgIpc) is 2.06. The van der Waals surface area contributed by atoms with Crippen LogP contribution in [0.5, 0.6) is 0 Å². The lowest BCUT2D eigenvalue weighted by Crippen LogP contribution is -1.94. The Kier molecular flexibility index (Phi) is 3.48. The van der Waals surface area contributed by atoms with Crippen LogP contribution in [0.25, 0.3) is 0 Å². The number of rotatable bonds is 1. The summed E-state index contributed by atoms with van der Waals surface area (Å²) in [5, 5.41) is 0. The summed E-state index contributed by atoms with van der Waals surface area (Å²) in [6.07, 6.45) is 3.49. The molecule has 0 fully saturated rings. The first-order valence-electron chi connectivity index (χ1n) is 3.67. The van der Waals surface area contributed by atoms with Gasteiger partial charge in [0.1, 0.15) is 5.69 Å². The van der Waals surface area contributed by atoms with E-state index in [1.807, 2.05) is 22.6 Å². The highest BCUT2D eigenvalue weighted by molar-refractivity contribution is 14.1. The van der Waals surface area contributed by atoms with Gasteiger partial charge in [-0.2, -0.15) is 0 Å². The van der Waals surface area contributed by atoms with Gasteiger partial charge in [0.2, 0.25) is 0 Å². The first-order chi connectivity index (χ1) is 5.74. The summed E-state index contributed by atoms with van der Waals surface area (Å²) in [6.45, 7) is 4.18. The zero-order valence-corrected chi connectivity index (χ0v) is 9.16. The van der Waals surface area contributed by atoms with Gasteiger partial charge in [0.05, 0.1) is 18.1 Å². The number of hydrogen-bond donors (Lipinski definition) is 0. The van der Waals surface area contributed by atoms with Gasteiger partial charge in [0, 0.05) is 22.6 Å². The summed E-state index contributed by atoms with van der Waals surface area (Å²) in [4.78, 5) is 8.38. The van der Waals surface area contributed by atoms with Gasteiger partial charge in [-0.1, -0.05) is 13.8 Å². The van der Waals surface area contributed by atoms with Gasteiger partial charge in [-0.3, -0.25) is 4.98 Å². The summed E-state index contributed by atoms with van der Waals surface area (Å²) in [6, 6.07) is 0. The van der Waals surface area contributed by atoms with Crippen LogP contribution in [0.2, 0.25) is 0 Å². The van der Waals surface area contributed by atoms with E-state index < -0.39 is 0 Å². The van der Waals surface area contributed by atoms with Crippen molar-refractivity contribution < 1.29 is 0 Å². The van der Waals surface area contributed by atoms with E-state index in [0.717, 1.165) is 11.4 Å². The molecule has 1 rings (SSSR count). The van der Waals surface area contributed by atoms with Crippen molar-refractivity contribution in [1.29, 1.82) is 0 Å². The van der Waals surface area contributed by atoms with Gasteiger partial charge >= 0.3 is 0 Å². The fourth-order valence-corrected chi connectivity index (χ4v) is 1.03. The van der Waals surface area contributed by atoms with Crippen LogP contribution in [0.1, 0.15) is 31.2 Å². The molecule has 0 aliphatic heterocycles. The van der Waals surface area contributed by atoms with Gasteiger partial charge in [-0.25, -0.2) is 4.98 Å². The fourth-order valence-electron chi connectivity index (χ4n) is 0.749. The maximum Gasteiger partial charge on any atom is 0.132 e. The van der Waals surface area contributed by atoms with E-state index in [4.69, 9.17) is 0 Å². The predicted octanol–water partition coefficient (Wildman–Crippen LogP) is 2.34. The molecule has 0 atom stereocenters. The van der Waals surface area contributed by atoms with Crippen LogP contribution >= 0.6 is 22.6 Å². The van der Waals surface area contributed by atoms with Gasteiger partial charge in [-0.15, -0.1) is 0 Å². The first kappa shape index (κ1) is 9.46. The van der Waals surface area contributed by atoms with E-state index in [9.17, 15) is 0 Å². The molecule has 0 unspecified atom stereocenters. The number of hydrogen-bond acceptors (Lipinski definition) is 2. The minimum absolute atomic E-state index is 0.430. The highest BCUT2D eigenvalue weighted by Gasteiger charge is 1.99. The molecule has 0 amide bonds. The van der Waals surface area contributed by atoms with Crippen LogP contribution < -0.4 is 0 Å². The second-order valence-corrected chi connectivity index (χ2v) is 3.24. The number of nitrogens with zero attached hydrogens (tertiary/aromatic N) is 2. The predicted molar refractivity (Wildman–Crippen MR) is 57.0 cm³/mol. The van der Waals surface area contributed by atoms with Crippen LogP contribution in [-0.2, 0) is 0 Å². The van der Waals surface area contributed by atoms with Gasteiger partial charge in [0.15, 0.2) is 0 Å². The molecule has 0 aromatic carbocycles. The fraction of sp³-hybridized carbons (Fsp3) is 0.333. The Labute approximate surface area is 86.0 Å². The molecule has 0 radical (unpaired) electrons. The zero-order valence-electron chi connectivity index (χ0n) is 7.00. The average molecular weight is 272 g/mol. The van der Waals surface area contributed by atoms with E-state index in [1.54, 1.807) is 12.4 Å². The molecule has 0 saturated carbocycles. The highest BCUT2D eigenvalue weighted by atomic mass is 127. The molecule has 0 spiro atoms. The van der Waals surface area contributed by atoms with Crippen LogP contribution in [0.3, 0.4) is 0 Å². The lowest BCUT2D eigenvalue weighted by atomic mass is 10.1. The quantitative estimate of drug-likeness (QED) is 0.579. The lowest BCUT2D eigenvalue weighted by Gasteiger charge is -2.01. The minimum atomic E-state index is 0.430. The van der Waals surface area contributed by atoms with Crippen LogP contribution in [0.15, 0.2) is 12.4 Å². The zero-order chi connectivity index (χ0) is 8.97. The standard InChI is InChI=1S/C9H9IN2/c1-7(2)9-6-11-8(3-4-10)5-12-9/h5-7H,1-2H3. The summed E-state index contributed by atoms with van der Waals surface area (Å²) in [5.41, 5.74) is 1.74. The molecular formula is C9H9IN2. The van der Waals surface area contributed by atoms with E-state index in [-0.39, 0.29) is 0 Å². The van der Waals surface area contributed by atoms with Gasteiger partial charge in [0.25, 0.3) is 0 Å². The van der Waals surface area contributed by atoms with Crippen molar-refractivity contribution in [2.24, 2.45) is 0 Å². The maximum absolute atomic E-state index is 4.23. The molecule has 62 valence electrons. The number of aromatic nitrogens is 2. The van der Waals surface area contributed by atoms with Crippen molar-refractivity contribution in [3.05, 3.63) is 23.8 Å². The Morgan fingerprint density at radius 3 is 2.50 bits per heavy atom. The molecule has 1 aromatic rings. The lowest BCUT2D eigenvalue weighted by molar-refractivity contribution is 0.810. The third kappa shape index (κ3) is 2.45. The summed E-state index contributed by atoms with van der Waals surface area (Å²) < 4.78 is 2.75. The third-order valence-corrected chi connectivity index (χ3v) is 1.71. The van der Waals surface area contributed by atoms with Gasteiger partial charge < -0.3 is 0 Å². The molecule has 0 saturated heterocycles. The van der Waals surface area contributed by atoms with Crippen molar-refractivity contribution >= 4 is 22.6 Å². The summed E-state index contributed by atoms with van der Waals surface area (Å²) >= 11 is 1.98. The molecule has 12 heavy (non-hydrogen) atoms. The normalized spacial score (nSPS) is 9.33. The molecular weight excluding hydrogens is 263 g/mol. The molecule has 2 nitrogen and oxygen atoms in total. The first-order valence-corrected chi connectivity index (χ1v) is 4.75. The molecule has 3 heteroatoms. The molecule has 1 aromatic heterocycles. The molecule has 0 aliphatic carbocycles. The Hall–Kier alpha value is -0.630. The highest BCUT2D eigenvalue weighted by Crippen LogP contribution is 2.08. The van der Waals surface area contributed by atoms with E-state index in [0.29, 0.717) is 5.92 Å². The molecule has 0 bridgehead atoms. The SMILES string of the molecule is CC(C)c1cnc(C#CI)cn1. The minimum Gasteiger partial charge on any atom is -0.256 e. The second-order valence-electron chi connectivity index (χ2n) is 2.70. The topological polar surface area (TPSA) is 25.8 Å². The van der Waals surface area contributed by atoms with E-state index >= 15 is 0 Å². The Bertz CT molecular complexity index is 306. The summed E-state index contributed by atoms with van der Waals surface area (Å²) in [7, 11) is 0. The molecule has 0 N–H and O–H groups in total. The van der Waals surface area contributed by atoms with Crippen molar-refractivity contribution in [2.45, 2.75) is 19.8 Å². The van der Waals surface area contributed by atoms with Crippen LogP contribution in [0.4, 0.5) is 0 Å². The van der Waals surface area contributed by atoms with E-state index in [1.165, 1.54) is 0 Å². The monoisotopic (exact) mass is 272 g/mol.